The van der Waals surface area contributed by atoms with Crippen molar-refractivity contribution in [2.24, 2.45) is 44.8 Å². The van der Waals surface area contributed by atoms with E-state index >= 15 is 0 Å². The number of allylic oxidation sites excluding steroid dienone is 1. The van der Waals surface area contributed by atoms with Gasteiger partial charge in [-0.15, -0.1) is 0 Å². The zero-order valence-corrected chi connectivity index (χ0v) is 25.7. The molecular weight excluding hydrogens is 526 g/mol. The van der Waals surface area contributed by atoms with E-state index in [1.165, 1.54) is 0 Å². The van der Waals surface area contributed by atoms with Crippen LogP contribution in [0.25, 0.3) is 0 Å². The van der Waals surface area contributed by atoms with Gasteiger partial charge >= 0.3 is 5.92 Å². The number of alkyl halides is 2. The van der Waals surface area contributed by atoms with Gasteiger partial charge in [-0.05, 0) is 79.1 Å². The largest absolute Gasteiger partial charge is 0.345 e. The van der Waals surface area contributed by atoms with Gasteiger partial charge in [-0.1, -0.05) is 54.0 Å². The normalized spacial score (nSPS) is 49.1. The Morgan fingerprint density at radius 3 is 2.29 bits per heavy atom. The first kappa shape index (κ1) is 29.0. The Balaban J connectivity index is 1.49. The number of ketones is 2. The zero-order valence-electron chi connectivity index (χ0n) is 25.7. The van der Waals surface area contributed by atoms with E-state index < -0.39 is 56.7 Å². The highest BCUT2D eigenvalue weighted by Gasteiger charge is 2.82. The second-order valence-corrected chi connectivity index (χ2v) is 16.4. The molecule has 0 spiro atoms. The van der Waals surface area contributed by atoms with E-state index in [0.29, 0.717) is 32.6 Å². The van der Waals surface area contributed by atoms with Crippen LogP contribution in [0, 0.1) is 56.2 Å². The van der Waals surface area contributed by atoms with Crippen LogP contribution in [0.15, 0.2) is 11.6 Å². The summed E-state index contributed by atoms with van der Waals surface area (Å²) >= 11 is 0. The molecule has 41 heavy (non-hydrogen) atoms. The Labute approximate surface area is 242 Å². The van der Waals surface area contributed by atoms with Crippen LogP contribution >= 0.6 is 0 Å². The van der Waals surface area contributed by atoms with Crippen molar-refractivity contribution in [1.82, 2.24) is 5.32 Å². The summed E-state index contributed by atoms with van der Waals surface area (Å²) in [5, 5.41) is 12.9. The van der Waals surface area contributed by atoms with Crippen LogP contribution in [-0.4, -0.2) is 40.6 Å². The Bertz CT molecular complexity index is 1340. The van der Waals surface area contributed by atoms with Crippen LogP contribution < -0.4 is 5.32 Å². The molecule has 0 aromatic heterocycles. The average molecular weight is 571 g/mol. The van der Waals surface area contributed by atoms with Crippen LogP contribution in [0.4, 0.5) is 8.78 Å². The first-order valence-corrected chi connectivity index (χ1v) is 15.3. The van der Waals surface area contributed by atoms with Crippen molar-refractivity contribution in [3.05, 3.63) is 11.6 Å². The van der Waals surface area contributed by atoms with Crippen molar-refractivity contribution < 1.29 is 27.9 Å². The van der Waals surface area contributed by atoms with Gasteiger partial charge in [0.1, 0.15) is 12.2 Å². The van der Waals surface area contributed by atoms with Gasteiger partial charge in [0.05, 0.1) is 0 Å². The maximum absolute atomic E-state index is 14.5. The fourth-order valence-corrected chi connectivity index (χ4v) is 11.0. The zero-order chi connectivity index (χ0) is 30.4. The van der Waals surface area contributed by atoms with Gasteiger partial charge < -0.3 is 10.1 Å². The number of amides is 1. The Hall–Kier alpha value is -2.14. The molecule has 1 N–H and O–H groups in total. The lowest BCUT2D eigenvalue weighted by Crippen LogP contribution is -2.71. The van der Waals surface area contributed by atoms with Crippen molar-refractivity contribution in [3.63, 3.8) is 0 Å². The highest BCUT2D eigenvalue weighted by molar-refractivity contribution is 6.01. The highest BCUT2D eigenvalue weighted by atomic mass is 19.3. The molecule has 0 bridgehead atoms. The van der Waals surface area contributed by atoms with E-state index in [4.69, 9.17) is 4.74 Å². The van der Waals surface area contributed by atoms with Crippen LogP contribution in [0.1, 0.15) is 100 Å². The SMILES string of the molecule is CC1(C)CC[C@]2(NC(=O)C(C)(F)F)CC[C@]3(C)C(C(=O)C=C4[C@@]5(C)[C@H]6O[C@@]6(C#N)C(=O)C(C)(C)[C@@H]5CC[C@]43C)C2C1. The first-order valence-electron chi connectivity index (χ1n) is 15.3. The van der Waals surface area contributed by atoms with Crippen LogP contribution in [0.2, 0.25) is 0 Å². The molecule has 9 atom stereocenters. The minimum absolute atomic E-state index is 0.0240. The Morgan fingerprint density at radius 1 is 1.05 bits per heavy atom. The number of halogens is 2. The first-order chi connectivity index (χ1) is 18.7. The van der Waals surface area contributed by atoms with E-state index in [1.54, 1.807) is 6.08 Å². The second kappa shape index (κ2) is 7.87. The minimum atomic E-state index is -3.50. The molecule has 1 amide bonds. The summed E-state index contributed by atoms with van der Waals surface area (Å²) in [6, 6.07) is 2.20. The highest BCUT2D eigenvalue weighted by Crippen LogP contribution is 2.77. The molecule has 0 aromatic carbocycles. The number of fused-ring (bicyclic) bond motifs is 9. The molecule has 1 heterocycles. The monoisotopic (exact) mass is 570 g/mol. The predicted octanol–water partition coefficient (Wildman–Crippen LogP) is 5.94. The molecule has 2 unspecified atom stereocenters. The van der Waals surface area contributed by atoms with Gasteiger partial charge in [0.15, 0.2) is 11.6 Å². The van der Waals surface area contributed by atoms with E-state index in [9.17, 15) is 28.4 Å². The summed E-state index contributed by atoms with van der Waals surface area (Å²) < 4.78 is 34.4. The number of hydrogen-bond acceptors (Lipinski definition) is 5. The molecule has 6 aliphatic rings. The topological polar surface area (TPSA) is 99.6 Å². The number of carbonyl (C=O) groups is 3. The smallest absolute Gasteiger partial charge is 0.321 e. The number of hydrogen-bond donors (Lipinski definition) is 1. The molecule has 4 saturated carbocycles. The maximum atomic E-state index is 14.5. The fraction of sp³-hybridized carbons (Fsp3) is 0.818. The quantitative estimate of drug-likeness (QED) is 0.414. The lowest BCUT2D eigenvalue weighted by molar-refractivity contribution is -0.171. The molecule has 1 saturated heterocycles. The van der Waals surface area contributed by atoms with Gasteiger partial charge in [0.25, 0.3) is 5.91 Å². The molecule has 6 rings (SSSR count). The number of epoxide rings is 1. The lowest BCUT2D eigenvalue weighted by Gasteiger charge is -2.69. The number of rotatable bonds is 2. The van der Waals surface area contributed by atoms with E-state index in [-0.39, 0.29) is 28.8 Å². The Morgan fingerprint density at radius 2 is 1.68 bits per heavy atom. The summed E-state index contributed by atoms with van der Waals surface area (Å²) in [6.45, 7) is 15.3. The van der Waals surface area contributed by atoms with Crippen LogP contribution in [-0.2, 0) is 19.1 Å². The predicted molar refractivity (Wildman–Crippen MR) is 147 cm³/mol. The molecule has 5 aliphatic carbocycles. The van der Waals surface area contributed by atoms with Crippen molar-refractivity contribution >= 4 is 17.5 Å². The number of Topliss-reactive ketones (excluding diaryl/α,β-unsaturated/α-hetero) is 1. The third-order valence-electron chi connectivity index (χ3n) is 13.5. The van der Waals surface area contributed by atoms with E-state index in [1.807, 2.05) is 13.8 Å². The second-order valence-electron chi connectivity index (χ2n) is 16.4. The molecular formula is C33H44F2N2O4. The number of ether oxygens (including phenoxy) is 1. The number of nitrogens with one attached hydrogen (secondary N) is 1. The number of nitriles is 1. The molecule has 0 radical (unpaired) electrons. The number of carbonyl (C=O) groups excluding carboxylic acids is 3. The number of nitrogens with zero attached hydrogens (tertiary/aromatic N) is 1. The van der Waals surface area contributed by atoms with Crippen molar-refractivity contribution in [3.8, 4) is 6.07 Å². The maximum Gasteiger partial charge on any atom is 0.321 e. The van der Waals surface area contributed by atoms with Gasteiger partial charge in [0, 0.05) is 29.2 Å². The van der Waals surface area contributed by atoms with Crippen molar-refractivity contribution in [2.45, 2.75) is 124 Å². The van der Waals surface area contributed by atoms with Gasteiger partial charge in [-0.3, -0.25) is 14.4 Å². The molecule has 224 valence electrons. The van der Waals surface area contributed by atoms with Gasteiger partial charge in [-0.2, -0.15) is 14.0 Å². The fourth-order valence-electron chi connectivity index (χ4n) is 11.0. The molecule has 6 nitrogen and oxygen atoms in total. The van der Waals surface area contributed by atoms with E-state index in [2.05, 4.69) is 46.0 Å². The summed E-state index contributed by atoms with van der Waals surface area (Å²) in [6.07, 6.45) is 5.91. The summed E-state index contributed by atoms with van der Waals surface area (Å²) in [5.74, 6) is -5.74. The summed E-state index contributed by atoms with van der Waals surface area (Å²) in [5.41, 5.74) is -3.80. The average Bonchev–Trinajstić information content (AvgIpc) is 3.62. The minimum Gasteiger partial charge on any atom is -0.345 e. The van der Waals surface area contributed by atoms with Crippen LogP contribution in [0.5, 0.6) is 0 Å². The van der Waals surface area contributed by atoms with Gasteiger partial charge in [0.2, 0.25) is 5.60 Å². The third-order valence-corrected chi connectivity index (χ3v) is 13.5. The van der Waals surface area contributed by atoms with Crippen LogP contribution in [0.3, 0.4) is 0 Å². The summed E-state index contributed by atoms with van der Waals surface area (Å²) in [7, 11) is 0. The molecule has 0 aromatic rings. The van der Waals surface area contributed by atoms with Crippen molar-refractivity contribution in [2.75, 3.05) is 0 Å². The van der Waals surface area contributed by atoms with E-state index in [0.717, 1.165) is 24.8 Å². The molecule has 5 fully saturated rings. The Kier molecular flexibility index (Phi) is 5.56. The molecule has 8 heteroatoms. The third kappa shape index (κ3) is 3.33. The van der Waals surface area contributed by atoms with Gasteiger partial charge in [-0.25, -0.2) is 0 Å². The summed E-state index contributed by atoms with van der Waals surface area (Å²) in [4.78, 5) is 40.8. The standard InChI is InChI=1S/C33H44F2N2O4/c1-26(2)11-13-32(37-25(40)31(8,34)35)14-12-29(6)22(18(32)16-26)19(38)15-21-28(29,5)10-9-20-27(3,4)23(39)33(17-36)24(41-33)30(20,21)7/h15,18,20,22,24H,9-14,16H2,1-8H3,(H,37,40)/t18?,20-,22?,24+,28+,29+,30-,32-,33-/m0/s1. The van der Waals surface area contributed by atoms with Crippen molar-refractivity contribution in [1.29, 1.82) is 5.26 Å². The lowest BCUT2D eigenvalue weighted by atomic mass is 9.34. The molecule has 1 aliphatic heterocycles.